The van der Waals surface area contributed by atoms with Crippen molar-refractivity contribution < 1.29 is 13.6 Å². The van der Waals surface area contributed by atoms with Gasteiger partial charge in [0.15, 0.2) is 5.78 Å². The Balaban J connectivity index is 2.21. The predicted octanol–water partition coefficient (Wildman–Crippen LogP) is 4.01. The van der Waals surface area contributed by atoms with Crippen LogP contribution in [-0.4, -0.2) is 5.78 Å². The van der Waals surface area contributed by atoms with Crippen LogP contribution in [0, 0.1) is 11.6 Å². The van der Waals surface area contributed by atoms with Crippen LogP contribution < -0.4 is 0 Å². The fourth-order valence-electron chi connectivity index (χ4n) is 1.67. The summed E-state index contributed by atoms with van der Waals surface area (Å²) in [5.41, 5.74) is -0.158. The third-order valence-corrected chi connectivity index (χ3v) is 3.95. The van der Waals surface area contributed by atoms with Crippen molar-refractivity contribution in [2.75, 3.05) is 0 Å². The minimum absolute atomic E-state index is 0.158. The molecule has 0 amide bonds. The normalized spacial score (nSPS) is 10.6. The van der Waals surface area contributed by atoms with Crippen LogP contribution in [0.5, 0.6) is 0 Å². The van der Waals surface area contributed by atoms with E-state index in [-0.39, 0.29) is 17.8 Å². The highest BCUT2D eigenvalue weighted by molar-refractivity contribution is 7.14. The van der Waals surface area contributed by atoms with Gasteiger partial charge in [0.05, 0.1) is 4.88 Å². The van der Waals surface area contributed by atoms with Crippen LogP contribution in [-0.2, 0) is 12.8 Å². The maximum absolute atomic E-state index is 13.4. The average molecular weight is 266 g/mol. The molecule has 0 aliphatic heterocycles. The second-order valence-corrected chi connectivity index (χ2v) is 5.09. The molecule has 2 aromatic rings. The van der Waals surface area contributed by atoms with Crippen molar-refractivity contribution in [1.29, 1.82) is 0 Å². The number of rotatable bonds is 4. The molecule has 0 unspecified atom stereocenters. The monoisotopic (exact) mass is 266 g/mol. The third kappa shape index (κ3) is 2.64. The Kier molecular flexibility index (Phi) is 3.87. The largest absolute Gasteiger partial charge is 0.293 e. The van der Waals surface area contributed by atoms with E-state index < -0.39 is 11.6 Å². The molecule has 0 bridgehead atoms. The smallest absolute Gasteiger partial charge is 0.177 e. The lowest BCUT2D eigenvalue weighted by Crippen LogP contribution is -2.05. The molecule has 18 heavy (non-hydrogen) atoms. The molecule has 0 fully saturated rings. The Morgan fingerprint density at radius 2 is 1.83 bits per heavy atom. The summed E-state index contributed by atoms with van der Waals surface area (Å²) in [7, 11) is 0. The number of Topliss-reactive ketones (excluding diaryl/α,β-unsaturated/α-hetero) is 1. The van der Waals surface area contributed by atoms with Crippen molar-refractivity contribution in [3.05, 3.63) is 57.3 Å². The Labute approximate surface area is 108 Å². The van der Waals surface area contributed by atoms with Gasteiger partial charge in [-0.1, -0.05) is 13.0 Å². The molecule has 0 spiro atoms. The lowest BCUT2D eigenvalue weighted by molar-refractivity contribution is 0.0994. The molecule has 0 saturated carbocycles. The first kappa shape index (κ1) is 12.9. The first-order valence-corrected chi connectivity index (χ1v) is 6.48. The van der Waals surface area contributed by atoms with Crippen LogP contribution in [0.15, 0.2) is 30.3 Å². The van der Waals surface area contributed by atoms with Gasteiger partial charge < -0.3 is 0 Å². The summed E-state index contributed by atoms with van der Waals surface area (Å²) < 4.78 is 26.8. The number of aryl methyl sites for hydroxylation is 1. The molecule has 0 atom stereocenters. The van der Waals surface area contributed by atoms with Crippen LogP contribution in [0.2, 0.25) is 0 Å². The van der Waals surface area contributed by atoms with Gasteiger partial charge in [0.1, 0.15) is 11.6 Å². The van der Waals surface area contributed by atoms with E-state index >= 15 is 0 Å². The second-order valence-electron chi connectivity index (χ2n) is 3.92. The molecule has 0 aliphatic carbocycles. The van der Waals surface area contributed by atoms with Gasteiger partial charge in [0.25, 0.3) is 0 Å². The van der Waals surface area contributed by atoms with E-state index in [0.29, 0.717) is 4.88 Å². The molecule has 0 aliphatic rings. The van der Waals surface area contributed by atoms with Crippen LogP contribution in [0.4, 0.5) is 8.78 Å². The number of hydrogen-bond acceptors (Lipinski definition) is 2. The lowest BCUT2D eigenvalue weighted by Gasteiger charge is -2.02. The highest BCUT2D eigenvalue weighted by Crippen LogP contribution is 2.21. The molecule has 0 N–H and O–H groups in total. The van der Waals surface area contributed by atoms with E-state index in [4.69, 9.17) is 0 Å². The molecular weight excluding hydrogens is 254 g/mol. The van der Waals surface area contributed by atoms with Gasteiger partial charge in [0, 0.05) is 16.9 Å². The first-order chi connectivity index (χ1) is 8.61. The van der Waals surface area contributed by atoms with E-state index in [0.717, 1.165) is 23.4 Å². The fourth-order valence-corrected chi connectivity index (χ4v) is 2.55. The molecule has 2 rings (SSSR count). The zero-order chi connectivity index (χ0) is 13.1. The molecule has 1 heterocycles. The maximum atomic E-state index is 13.4. The Bertz CT molecular complexity index is 555. The number of carbonyl (C=O) groups is 1. The van der Waals surface area contributed by atoms with E-state index in [1.54, 1.807) is 6.07 Å². The fraction of sp³-hybridized carbons (Fsp3) is 0.214. The lowest BCUT2D eigenvalue weighted by atomic mass is 10.1. The summed E-state index contributed by atoms with van der Waals surface area (Å²) >= 11 is 1.38. The molecule has 94 valence electrons. The Morgan fingerprint density at radius 1 is 1.17 bits per heavy atom. The van der Waals surface area contributed by atoms with Gasteiger partial charge in [-0.2, -0.15) is 0 Å². The first-order valence-electron chi connectivity index (χ1n) is 5.66. The maximum Gasteiger partial charge on any atom is 0.177 e. The van der Waals surface area contributed by atoms with Crippen molar-refractivity contribution in [1.82, 2.24) is 0 Å². The summed E-state index contributed by atoms with van der Waals surface area (Å²) in [6, 6.07) is 7.20. The number of thiophene rings is 1. The van der Waals surface area contributed by atoms with Gasteiger partial charge in [-0.3, -0.25) is 4.79 Å². The second kappa shape index (κ2) is 5.40. The average Bonchev–Trinajstić information content (AvgIpc) is 2.82. The SMILES string of the molecule is CCc1ccc(C(=O)Cc2c(F)cccc2F)s1. The predicted molar refractivity (Wildman–Crippen MR) is 68.1 cm³/mol. The number of benzene rings is 1. The highest BCUT2D eigenvalue weighted by atomic mass is 32.1. The van der Waals surface area contributed by atoms with Crippen LogP contribution >= 0.6 is 11.3 Å². The number of carbonyl (C=O) groups excluding carboxylic acids is 1. The molecule has 1 aromatic heterocycles. The number of halogens is 2. The summed E-state index contributed by atoms with van der Waals surface area (Å²) in [4.78, 5) is 13.6. The topological polar surface area (TPSA) is 17.1 Å². The molecule has 1 nitrogen and oxygen atoms in total. The summed E-state index contributed by atoms with van der Waals surface area (Å²) in [5.74, 6) is -1.59. The number of hydrogen-bond donors (Lipinski definition) is 0. The summed E-state index contributed by atoms with van der Waals surface area (Å²) in [6.45, 7) is 2.00. The zero-order valence-electron chi connectivity index (χ0n) is 9.87. The zero-order valence-corrected chi connectivity index (χ0v) is 10.7. The Hall–Kier alpha value is -1.55. The van der Waals surface area contributed by atoms with Crippen molar-refractivity contribution in [3.63, 3.8) is 0 Å². The quantitative estimate of drug-likeness (QED) is 0.764. The standard InChI is InChI=1S/C14H12F2OS/c1-2-9-6-7-14(18-9)13(17)8-10-11(15)4-3-5-12(10)16/h3-7H,2,8H2,1H3. The van der Waals surface area contributed by atoms with E-state index in [1.165, 1.54) is 17.4 Å². The van der Waals surface area contributed by atoms with Gasteiger partial charge in [0.2, 0.25) is 0 Å². The number of ketones is 1. The van der Waals surface area contributed by atoms with Gasteiger partial charge >= 0.3 is 0 Å². The van der Waals surface area contributed by atoms with Crippen molar-refractivity contribution >= 4 is 17.1 Å². The third-order valence-electron chi connectivity index (χ3n) is 2.68. The molecular formula is C14H12F2OS. The van der Waals surface area contributed by atoms with E-state index in [9.17, 15) is 13.6 Å². The van der Waals surface area contributed by atoms with Crippen molar-refractivity contribution in [3.8, 4) is 0 Å². The Morgan fingerprint density at radius 3 is 2.39 bits per heavy atom. The van der Waals surface area contributed by atoms with Crippen LogP contribution in [0.25, 0.3) is 0 Å². The minimum Gasteiger partial charge on any atom is -0.293 e. The van der Waals surface area contributed by atoms with Crippen molar-refractivity contribution in [2.45, 2.75) is 19.8 Å². The minimum atomic E-state index is -0.671. The van der Waals surface area contributed by atoms with Crippen LogP contribution in [0.1, 0.15) is 27.0 Å². The molecule has 4 heteroatoms. The highest BCUT2D eigenvalue weighted by Gasteiger charge is 2.15. The van der Waals surface area contributed by atoms with Crippen LogP contribution in [0.3, 0.4) is 0 Å². The molecule has 1 aromatic carbocycles. The van der Waals surface area contributed by atoms with Gasteiger partial charge in [-0.25, -0.2) is 8.78 Å². The molecule has 0 radical (unpaired) electrons. The summed E-state index contributed by atoms with van der Waals surface area (Å²) in [6.07, 6.45) is 0.619. The van der Waals surface area contributed by atoms with E-state index in [1.807, 2.05) is 13.0 Å². The van der Waals surface area contributed by atoms with Gasteiger partial charge in [-0.15, -0.1) is 11.3 Å². The van der Waals surface area contributed by atoms with Gasteiger partial charge in [-0.05, 0) is 30.7 Å². The summed E-state index contributed by atoms with van der Waals surface area (Å²) in [5, 5.41) is 0. The van der Waals surface area contributed by atoms with E-state index in [2.05, 4.69) is 0 Å². The van der Waals surface area contributed by atoms with Crippen molar-refractivity contribution in [2.24, 2.45) is 0 Å². The molecule has 0 saturated heterocycles.